The second-order valence-corrected chi connectivity index (χ2v) is 6.27. The predicted octanol–water partition coefficient (Wildman–Crippen LogP) is 1.02. The van der Waals surface area contributed by atoms with E-state index in [1.54, 1.807) is 6.92 Å². The Labute approximate surface area is 121 Å². The first-order valence-electron chi connectivity index (χ1n) is 7.89. The summed E-state index contributed by atoms with van der Waals surface area (Å²) in [6.45, 7) is 3.80. The van der Waals surface area contributed by atoms with Crippen molar-refractivity contribution in [2.75, 3.05) is 19.6 Å². The molecule has 1 unspecified atom stereocenters. The van der Waals surface area contributed by atoms with Crippen LogP contribution in [0.5, 0.6) is 0 Å². The van der Waals surface area contributed by atoms with Gasteiger partial charge >= 0.3 is 0 Å². The van der Waals surface area contributed by atoms with Crippen LogP contribution in [0.15, 0.2) is 0 Å². The number of amides is 2. The number of likely N-dealkylation sites (tertiary alicyclic amines) is 1. The topological polar surface area (TPSA) is 75.4 Å². The molecule has 0 aromatic rings. The predicted molar refractivity (Wildman–Crippen MR) is 78.0 cm³/mol. The first-order chi connectivity index (χ1) is 9.59. The number of nitrogens with two attached hydrogens (primary N) is 1. The van der Waals surface area contributed by atoms with Gasteiger partial charge in [-0.25, -0.2) is 0 Å². The van der Waals surface area contributed by atoms with Crippen molar-refractivity contribution in [3.63, 3.8) is 0 Å². The fourth-order valence-electron chi connectivity index (χ4n) is 3.38. The largest absolute Gasteiger partial charge is 0.344 e. The molecule has 1 heterocycles. The van der Waals surface area contributed by atoms with Gasteiger partial charge < -0.3 is 16.0 Å². The van der Waals surface area contributed by atoms with Crippen molar-refractivity contribution in [3.05, 3.63) is 0 Å². The molecule has 2 aliphatic rings. The minimum atomic E-state index is -0.447. The van der Waals surface area contributed by atoms with Crippen LogP contribution < -0.4 is 11.1 Å². The van der Waals surface area contributed by atoms with Gasteiger partial charge in [-0.15, -0.1) is 0 Å². The van der Waals surface area contributed by atoms with E-state index in [9.17, 15) is 9.59 Å². The summed E-state index contributed by atoms with van der Waals surface area (Å²) in [6.07, 6.45) is 7.12. The van der Waals surface area contributed by atoms with Crippen molar-refractivity contribution in [2.24, 2.45) is 11.1 Å². The molecule has 114 valence electrons. The molecular weight excluding hydrogens is 254 g/mol. The Hall–Kier alpha value is -1.10. The van der Waals surface area contributed by atoms with E-state index in [4.69, 9.17) is 5.73 Å². The van der Waals surface area contributed by atoms with E-state index in [1.165, 1.54) is 6.42 Å². The molecule has 0 spiro atoms. The zero-order valence-corrected chi connectivity index (χ0v) is 12.5. The van der Waals surface area contributed by atoms with Crippen LogP contribution in [-0.4, -0.2) is 42.4 Å². The minimum absolute atomic E-state index is 0.0280. The summed E-state index contributed by atoms with van der Waals surface area (Å²) in [7, 11) is 0. The SMILES string of the molecule is CC(NC(=O)C1(CN)CCCCC1)C(=O)N1CCCC1. The Bertz CT molecular complexity index is 358. The van der Waals surface area contributed by atoms with Crippen LogP contribution in [0.4, 0.5) is 0 Å². The lowest BCUT2D eigenvalue weighted by molar-refractivity contribution is -0.139. The molecule has 5 nitrogen and oxygen atoms in total. The molecule has 5 heteroatoms. The molecule has 0 aromatic carbocycles. The van der Waals surface area contributed by atoms with Gasteiger partial charge in [-0.3, -0.25) is 9.59 Å². The summed E-state index contributed by atoms with van der Waals surface area (Å²) >= 11 is 0. The molecule has 0 aromatic heterocycles. The number of nitrogens with zero attached hydrogens (tertiary/aromatic N) is 1. The molecule has 20 heavy (non-hydrogen) atoms. The average molecular weight is 281 g/mol. The van der Waals surface area contributed by atoms with E-state index in [-0.39, 0.29) is 11.8 Å². The van der Waals surface area contributed by atoms with Gasteiger partial charge in [-0.05, 0) is 32.6 Å². The molecule has 1 saturated carbocycles. The lowest BCUT2D eigenvalue weighted by Crippen LogP contribution is -2.53. The number of nitrogens with one attached hydrogen (secondary N) is 1. The molecule has 2 fully saturated rings. The number of carbonyl (C=O) groups is 2. The Morgan fingerprint density at radius 3 is 2.30 bits per heavy atom. The highest BCUT2D eigenvalue weighted by Crippen LogP contribution is 2.35. The summed E-state index contributed by atoms with van der Waals surface area (Å²) in [5.74, 6) is 0.0126. The molecule has 1 aliphatic carbocycles. The van der Waals surface area contributed by atoms with Crippen molar-refractivity contribution in [1.29, 1.82) is 0 Å². The number of rotatable bonds is 4. The maximum atomic E-state index is 12.5. The van der Waals surface area contributed by atoms with Gasteiger partial charge in [-0.1, -0.05) is 19.3 Å². The Balaban J connectivity index is 1.93. The highest BCUT2D eigenvalue weighted by atomic mass is 16.2. The van der Waals surface area contributed by atoms with Gasteiger partial charge in [0.15, 0.2) is 0 Å². The van der Waals surface area contributed by atoms with Crippen molar-refractivity contribution >= 4 is 11.8 Å². The molecule has 3 N–H and O–H groups in total. The molecule has 1 aliphatic heterocycles. The Kier molecular flexibility index (Phi) is 5.02. The average Bonchev–Trinajstić information content (AvgIpc) is 3.01. The molecule has 0 radical (unpaired) electrons. The molecule has 2 amide bonds. The van der Waals surface area contributed by atoms with Gasteiger partial charge in [-0.2, -0.15) is 0 Å². The van der Waals surface area contributed by atoms with Gasteiger partial charge in [0.1, 0.15) is 6.04 Å². The standard InChI is InChI=1S/C15H27N3O2/c1-12(13(19)18-9-5-6-10-18)17-14(20)15(11-16)7-3-2-4-8-15/h12H,2-11,16H2,1H3,(H,17,20). The number of carbonyl (C=O) groups excluding carboxylic acids is 2. The highest BCUT2D eigenvalue weighted by molar-refractivity contribution is 5.90. The fourth-order valence-corrected chi connectivity index (χ4v) is 3.38. The second kappa shape index (κ2) is 6.57. The van der Waals surface area contributed by atoms with Crippen LogP contribution >= 0.6 is 0 Å². The maximum Gasteiger partial charge on any atom is 0.244 e. The lowest BCUT2D eigenvalue weighted by atomic mass is 9.73. The second-order valence-electron chi connectivity index (χ2n) is 6.27. The maximum absolute atomic E-state index is 12.5. The van der Waals surface area contributed by atoms with Gasteiger partial charge in [0.25, 0.3) is 0 Å². The van der Waals surface area contributed by atoms with E-state index < -0.39 is 11.5 Å². The van der Waals surface area contributed by atoms with Crippen molar-refractivity contribution in [2.45, 2.75) is 57.9 Å². The summed E-state index contributed by atoms with van der Waals surface area (Å²) in [5.41, 5.74) is 5.41. The third kappa shape index (κ3) is 3.14. The Morgan fingerprint density at radius 1 is 1.15 bits per heavy atom. The monoisotopic (exact) mass is 281 g/mol. The summed E-state index contributed by atoms with van der Waals surface area (Å²) in [4.78, 5) is 26.6. The summed E-state index contributed by atoms with van der Waals surface area (Å²) in [5, 5.41) is 2.91. The third-order valence-electron chi connectivity index (χ3n) is 4.82. The quantitative estimate of drug-likeness (QED) is 0.808. The molecule has 1 atom stereocenters. The minimum Gasteiger partial charge on any atom is -0.344 e. The van der Waals surface area contributed by atoms with Crippen LogP contribution in [0.3, 0.4) is 0 Å². The molecular formula is C15H27N3O2. The van der Waals surface area contributed by atoms with Gasteiger partial charge in [0.2, 0.25) is 11.8 Å². The number of hydrogen-bond acceptors (Lipinski definition) is 3. The van der Waals surface area contributed by atoms with Crippen molar-refractivity contribution < 1.29 is 9.59 Å². The van der Waals surface area contributed by atoms with Gasteiger partial charge in [0, 0.05) is 19.6 Å². The van der Waals surface area contributed by atoms with Crippen LogP contribution in [0, 0.1) is 5.41 Å². The highest BCUT2D eigenvalue weighted by Gasteiger charge is 2.39. The van der Waals surface area contributed by atoms with Crippen LogP contribution in [0.25, 0.3) is 0 Å². The Morgan fingerprint density at radius 2 is 1.75 bits per heavy atom. The van der Waals surface area contributed by atoms with Crippen molar-refractivity contribution in [3.8, 4) is 0 Å². The normalized spacial score (nSPS) is 23.4. The fraction of sp³-hybridized carbons (Fsp3) is 0.867. The van der Waals surface area contributed by atoms with E-state index in [0.29, 0.717) is 6.54 Å². The summed E-state index contributed by atoms with van der Waals surface area (Å²) < 4.78 is 0. The first kappa shape index (κ1) is 15.3. The van der Waals surface area contributed by atoms with Crippen LogP contribution in [0.1, 0.15) is 51.9 Å². The zero-order chi connectivity index (χ0) is 14.6. The third-order valence-corrected chi connectivity index (χ3v) is 4.82. The van der Waals surface area contributed by atoms with E-state index in [2.05, 4.69) is 5.32 Å². The zero-order valence-electron chi connectivity index (χ0n) is 12.5. The van der Waals surface area contributed by atoms with Crippen LogP contribution in [-0.2, 0) is 9.59 Å². The summed E-state index contributed by atoms with van der Waals surface area (Å²) in [6, 6.07) is -0.439. The van der Waals surface area contributed by atoms with Gasteiger partial charge in [0.05, 0.1) is 5.41 Å². The van der Waals surface area contributed by atoms with Crippen LogP contribution in [0.2, 0.25) is 0 Å². The van der Waals surface area contributed by atoms with Crippen molar-refractivity contribution in [1.82, 2.24) is 10.2 Å². The number of hydrogen-bond donors (Lipinski definition) is 2. The molecule has 0 bridgehead atoms. The van der Waals surface area contributed by atoms with E-state index in [1.807, 2.05) is 4.90 Å². The first-order valence-corrected chi connectivity index (χ1v) is 7.89. The molecule has 2 rings (SSSR count). The smallest absolute Gasteiger partial charge is 0.244 e. The van der Waals surface area contributed by atoms with E-state index in [0.717, 1.165) is 51.6 Å². The molecule has 1 saturated heterocycles. The van der Waals surface area contributed by atoms with E-state index >= 15 is 0 Å². The lowest BCUT2D eigenvalue weighted by Gasteiger charge is -2.35.